The minimum atomic E-state index is 0.322. The Hall–Kier alpha value is -3.68. The van der Waals surface area contributed by atoms with E-state index in [0.717, 1.165) is 10.9 Å². The molecule has 6 aromatic rings. The largest absolute Gasteiger partial charge is 0.0622 e. The monoisotopic (exact) mass is 512 g/mol. The molecule has 0 saturated carbocycles. The highest BCUT2D eigenvalue weighted by atomic mass is 79.9. The molecule has 0 bridgehead atoms. The SMILES string of the molecule is Brc1ccc2cc(-c3ccc4cc(C(Cc5ccccc5)c5ccccc5)ccc4c3)ccc2c1. The molecule has 0 amide bonds. The molecule has 0 fully saturated rings. The molecule has 0 heterocycles. The van der Waals surface area contributed by atoms with Crippen LogP contribution >= 0.6 is 15.9 Å². The number of halogens is 1. The molecule has 0 spiro atoms. The molecule has 1 unspecified atom stereocenters. The maximum Gasteiger partial charge on any atom is 0.0181 e. The van der Waals surface area contributed by atoms with Crippen molar-refractivity contribution in [2.75, 3.05) is 0 Å². The van der Waals surface area contributed by atoms with Crippen LogP contribution in [0.2, 0.25) is 0 Å². The Morgan fingerprint density at radius 1 is 0.457 bits per heavy atom. The molecule has 168 valence electrons. The summed E-state index contributed by atoms with van der Waals surface area (Å²) >= 11 is 3.57. The Balaban J connectivity index is 1.37. The maximum atomic E-state index is 3.57. The molecule has 6 aromatic carbocycles. The maximum absolute atomic E-state index is 3.57. The average molecular weight is 513 g/mol. The number of hydrogen-bond donors (Lipinski definition) is 0. The topological polar surface area (TPSA) is 0 Å². The fourth-order valence-electron chi connectivity index (χ4n) is 5.02. The molecule has 0 aliphatic carbocycles. The van der Waals surface area contributed by atoms with E-state index in [1.165, 1.54) is 49.4 Å². The van der Waals surface area contributed by atoms with Crippen LogP contribution in [0, 0.1) is 0 Å². The molecule has 0 nitrogen and oxygen atoms in total. The number of benzene rings is 6. The molecule has 1 heteroatoms. The molecular weight excluding hydrogens is 488 g/mol. The van der Waals surface area contributed by atoms with Gasteiger partial charge in [-0.3, -0.25) is 0 Å². The van der Waals surface area contributed by atoms with E-state index in [1.54, 1.807) is 0 Å². The molecule has 0 aliphatic rings. The van der Waals surface area contributed by atoms with Crippen molar-refractivity contribution in [3.05, 3.63) is 155 Å². The highest BCUT2D eigenvalue weighted by Crippen LogP contribution is 2.33. The Bertz CT molecular complexity index is 1620. The molecular formula is C34H25Br. The number of rotatable bonds is 5. The highest BCUT2D eigenvalue weighted by Gasteiger charge is 2.15. The number of hydrogen-bond acceptors (Lipinski definition) is 0. The first-order valence-electron chi connectivity index (χ1n) is 12.1. The lowest BCUT2D eigenvalue weighted by Gasteiger charge is -2.19. The van der Waals surface area contributed by atoms with E-state index < -0.39 is 0 Å². The van der Waals surface area contributed by atoms with Crippen molar-refractivity contribution in [1.29, 1.82) is 0 Å². The van der Waals surface area contributed by atoms with Gasteiger partial charge in [0.2, 0.25) is 0 Å². The lowest BCUT2D eigenvalue weighted by atomic mass is 9.85. The van der Waals surface area contributed by atoms with Crippen LogP contribution in [0.1, 0.15) is 22.6 Å². The van der Waals surface area contributed by atoms with Crippen molar-refractivity contribution in [1.82, 2.24) is 0 Å². The second-order valence-corrected chi connectivity index (χ2v) is 10.1. The first-order chi connectivity index (χ1) is 17.2. The van der Waals surface area contributed by atoms with Crippen LogP contribution in [0.5, 0.6) is 0 Å². The Kier molecular flexibility index (Phi) is 5.94. The Morgan fingerprint density at radius 3 is 1.69 bits per heavy atom. The first-order valence-corrected chi connectivity index (χ1v) is 12.8. The van der Waals surface area contributed by atoms with Gasteiger partial charge < -0.3 is 0 Å². The van der Waals surface area contributed by atoms with Gasteiger partial charge in [0.05, 0.1) is 0 Å². The summed E-state index contributed by atoms with van der Waals surface area (Å²) in [4.78, 5) is 0. The van der Waals surface area contributed by atoms with Crippen molar-refractivity contribution in [2.24, 2.45) is 0 Å². The van der Waals surface area contributed by atoms with Crippen LogP contribution in [0.3, 0.4) is 0 Å². The highest BCUT2D eigenvalue weighted by molar-refractivity contribution is 9.10. The van der Waals surface area contributed by atoms with E-state index in [0.29, 0.717) is 5.92 Å². The van der Waals surface area contributed by atoms with Gasteiger partial charge in [-0.15, -0.1) is 0 Å². The molecule has 35 heavy (non-hydrogen) atoms. The van der Waals surface area contributed by atoms with Crippen LogP contribution in [0.15, 0.2) is 138 Å². The zero-order valence-electron chi connectivity index (χ0n) is 19.4. The minimum Gasteiger partial charge on any atom is -0.0622 e. The quantitative estimate of drug-likeness (QED) is 0.215. The average Bonchev–Trinajstić information content (AvgIpc) is 2.92. The van der Waals surface area contributed by atoms with Gasteiger partial charge in [0.15, 0.2) is 0 Å². The predicted molar refractivity (Wildman–Crippen MR) is 153 cm³/mol. The molecule has 6 rings (SSSR count). The first kappa shape index (κ1) is 21.8. The Morgan fingerprint density at radius 2 is 1.00 bits per heavy atom. The summed E-state index contributed by atoms with van der Waals surface area (Å²) in [5.74, 6) is 0.322. The van der Waals surface area contributed by atoms with Gasteiger partial charge in [-0.25, -0.2) is 0 Å². The van der Waals surface area contributed by atoms with Gasteiger partial charge >= 0.3 is 0 Å². The summed E-state index contributed by atoms with van der Waals surface area (Å²) in [7, 11) is 0. The smallest absolute Gasteiger partial charge is 0.0181 e. The summed E-state index contributed by atoms with van der Waals surface area (Å²) in [6.07, 6.45) is 0.988. The molecule has 0 aromatic heterocycles. The minimum absolute atomic E-state index is 0.322. The summed E-state index contributed by atoms with van der Waals surface area (Å²) < 4.78 is 1.11. The van der Waals surface area contributed by atoms with Crippen molar-refractivity contribution in [3.8, 4) is 11.1 Å². The van der Waals surface area contributed by atoms with Crippen LogP contribution in [0.4, 0.5) is 0 Å². The van der Waals surface area contributed by atoms with Gasteiger partial charge in [-0.1, -0.05) is 125 Å². The Labute approximate surface area is 215 Å². The summed E-state index contributed by atoms with van der Waals surface area (Å²) in [5, 5.41) is 5.06. The third kappa shape index (κ3) is 4.65. The van der Waals surface area contributed by atoms with Crippen molar-refractivity contribution >= 4 is 37.5 Å². The van der Waals surface area contributed by atoms with Crippen molar-refractivity contribution < 1.29 is 0 Å². The van der Waals surface area contributed by atoms with Crippen LogP contribution < -0.4 is 0 Å². The van der Waals surface area contributed by atoms with Gasteiger partial charge in [0.25, 0.3) is 0 Å². The second kappa shape index (κ2) is 9.52. The normalized spacial score (nSPS) is 12.1. The second-order valence-electron chi connectivity index (χ2n) is 9.18. The van der Waals surface area contributed by atoms with E-state index in [-0.39, 0.29) is 0 Å². The van der Waals surface area contributed by atoms with Gasteiger partial charge in [-0.05, 0) is 80.0 Å². The summed E-state index contributed by atoms with van der Waals surface area (Å²) in [6, 6.07) is 48.6. The van der Waals surface area contributed by atoms with Crippen molar-refractivity contribution in [3.63, 3.8) is 0 Å². The van der Waals surface area contributed by atoms with E-state index in [9.17, 15) is 0 Å². The van der Waals surface area contributed by atoms with Crippen LogP contribution in [-0.2, 0) is 6.42 Å². The molecule has 0 N–H and O–H groups in total. The van der Waals surface area contributed by atoms with E-state index >= 15 is 0 Å². The van der Waals surface area contributed by atoms with E-state index in [2.05, 4.69) is 149 Å². The zero-order chi connectivity index (χ0) is 23.6. The van der Waals surface area contributed by atoms with Gasteiger partial charge in [0.1, 0.15) is 0 Å². The van der Waals surface area contributed by atoms with E-state index in [4.69, 9.17) is 0 Å². The lowest BCUT2D eigenvalue weighted by Crippen LogP contribution is -2.05. The molecule has 0 radical (unpaired) electrons. The third-order valence-electron chi connectivity index (χ3n) is 6.89. The summed E-state index contributed by atoms with van der Waals surface area (Å²) in [5.41, 5.74) is 6.57. The fraction of sp³-hybridized carbons (Fsp3) is 0.0588. The molecule has 0 saturated heterocycles. The lowest BCUT2D eigenvalue weighted by molar-refractivity contribution is 0.806. The van der Waals surface area contributed by atoms with Crippen molar-refractivity contribution in [2.45, 2.75) is 12.3 Å². The molecule has 1 atom stereocenters. The van der Waals surface area contributed by atoms with Crippen LogP contribution in [-0.4, -0.2) is 0 Å². The van der Waals surface area contributed by atoms with Crippen LogP contribution in [0.25, 0.3) is 32.7 Å². The third-order valence-corrected chi connectivity index (χ3v) is 7.38. The molecule has 0 aliphatic heterocycles. The summed E-state index contributed by atoms with van der Waals surface area (Å²) in [6.45, 7) is 0. The van der Waals surface area contributed by atoms with Gasteiger partial charge in [0, 0.05) is 10.4 Å². The van der Waals surface area contributed by atoms with Gasteiger partial charge in [-0.2, -0.15) is 0 Å². The van der Waals surface area contributed by atoms with E-state index in [1.807, 2.05) is 0 Å². The number of fused-ring (bicyclic) bond motifs is 2. The standard InChI is InChI=1S/C34H25Br/c35-33-18-17-30-21-27(13-14-31(30)23-33)26-11-12-29-22-32(16-15-28(29)20-26)34(25-9-5-2-6-10-25)19-24-7-3-1-4-8-24/h1-18,20-23,34H,19H2. The zero-order valence-corrected chi connectivity index (χ0v) is 21.0. The fourth-order valence-corrected chi connectivity index (χ4v) is 5.40. The predicted octanol–water partition coefficient (Wildman–Crippen LogP) is 9.80.